The van der Waals surface area contributed by atoms with Crippen LogP contribution in [0.2, 0.25) is 0 Å². The summed E-state index contributed by atoms with van der Waals surface area (Å²) in [4.78, 5) is 11.5. The molecule has 0 spiro atoms. The Balaban J connectivity index is 2.42. The maximum atomic E-state index is 11.5. The van der Waals surface area contributed by atoms with E-state index in [0.717, 1.165) is 15.8 Å². The van der Waals surface area contributed by atoms with Gasteiger partial charge in [0, 0.05) is 16.5 Å². The third-order valence-electron chi connectivity index (χ3n) is 2.64. The van der Waals surface area contributed by atoms with Crippen LogP contribution in [0.3, 0.4) is 0 Å². The number of Topliss-reactive ketones (excluding diaryl/α,β-unsaturated/α-hetero) is 1. The number of rotatable bonds is 4. The Morgan fingerprint density at radius 1 is 1.33 bits per heavy atom. The molecule has 0 unspecified atom stereocenters. The minimum Gasteiger partial charge on any atom is -0.497 e. The highest BCUT2D eigenvalue weighted by atomic mass is 79.9. The number of carbonyl (C=O) groups excluding carboxylic acids is 1. The first-order chi connectivity index (χ1) is 8.65. The van der Waals surface area contributed by atoms with Crippen LogP contribution in [0, 0.1) is 0 Å². The second-order valence-electron chi connectivity index (χ2n) is 3.79. The van der Waals surface area contributed by atoms with Crippen molar-refractivity contribution in [2.75, 3.05) is 7.11 Å². The van der Waals surface area contributed by atoms with Crippen molar-refractivity contribution in [3.63, 3.8) is 0 Å². The molecule has 4 heteroatoms. The fraction of sp³-hybridized carbons (Fsp3) is 0.214. The number of methoxy groups -OCH3 is 1. The second-order valence-corrected chi connectivity index (χ2v) is 4.64. The molecule has 0 aliphatic carbocycles. The molecule has 2 aromatic rings. The van der Waals surface area contributed by atoms with Crippen LogP contribution >= 0.6 is 15.9 Å². The van der Waals surface area contributed by atoms with Gasteiger partial charge in [0.15, 0.2) is 11.5 Å². The van der Waals surface area contributed by atoms with Gasteiger partial charge in [-0.15, -0.1) is 0 Å². The number of hydrogen-bond donors (Lipinski definition) is 0. The lowest BCUT2D eigenvalue weighted by Crippen LogP contribution is -1.92. The SMILES string of the molecule is CCC(=O)c1ccc(-c2cc(OC)ccc2Br)o1. The lowest BCUT2D eigenvalue weighted by molar-refractivity contribution is 0.0962. The van der Waals surface area contributed by atoms with Gasteiger partial charge in [0.05, 0.1) is 7.11 Å². The van der Waals surface area contributed by atoms with Crippen LogP contribution in [0.15, 0.2) is 39.2 Å². The summed E-state index contributed by atoms with van der Waals surface area (Å²) in [5.74, 6) is 1.79. The third-order valence-corrected chi connectivity index (χ3v) is 3.33. The van der Waals surface area contributed by atoms with Gasteiger partial charge < -0.3 is 9.15 Å². The van der Waals surface area contributed by atoms with Crippen LogP contribution in [0.5, 0.6) is 5.75 Å². The van der Waals surface area contributed by atoms with Crippen LogP contribution in [-0.4, -0.2) is 12.9 Å². The quantitative estimate of drug-likeness (QED) is 0.790. The zero-order valence-corrected chi connectivity index (χ0v) is 11.8. The standard InChI is InChI=1S/C14H13BrO3/c1-3-12(16)14-7-6-13(18-14)10-8-9(17-2)4-5-11(10)15/h4-8H,3H2,1-2H3. The van der Waals surface area contributed by atoms with Crippen molar-refractivity contribution < 1.29 is 13.9 Å². The van der Waals surface area contributed by atoms with Gasteiger partial charge in [-0.1, -0.05) is 22.9 Å². The van der Waals surface area contributed by atoms with Gasteiger partial charge in [-0.2, -0.15) is 0 Å². The molecule has 0 bridgehead atoms. The molecular formula is C14H13BrO3. The Morgan fingerprint density at radius 3 is 2.78 bits per heavy atom. The molecule has 0 amide bonds. The van der Waals surface area contributed by atoms with Crippen LogP contribution in [0.4, 0.5) is 0 Å². The smallest absolute Gasteiger partial charge is 0.197 e. The number of carbonyl (C=O) groups is 1. The Bertz CT molecular complexity index is 572. The average molecular weight is 309 g/mol. The molecule has 1 heterocycles. The molecule has 0 radical (unpaired) electrons. The summed E-state index contributed by atoms with van der Waals surface area (Å²) >= 11 is 3.46. The van der Waals surface area contributed by atoms with E-state index in [9.17, 15) is 4.79 Å². The monoisotopic (exact) mass is 308 g/mol. The number of hydrogen-bond acceptors (Lipinski definition) is 3. The Hall–Kier alpha value is -1.55. The second kappa shape index (κ2) is 5.40. The number of halogens is 1. The third kappa shape index (κ3) is 2.48. The van der Waals surface area contributed by atoms with Crippen molar-refractivity contribution in [3.05, 3.63) is 40.6 Å². The highest BCUT2D eigenvalue weighted by Gasteiger charge is 2.13. The van der Waals surface area contributed by atoms with Gasteiger partial charge in [0.2, 0.25) is 0 Å². The van der Waals surface area contributed by atoms with Gasteiger partial charge in [0.1, 0.15) is 11.5 Å². The zero-order chi connectivity index (χ0) is 13.1. The summed E-state index contributed by atoms with van der Waals surface area (Å²) in [6.45, 7) is 1.81. The van der Waals surface area contributed by atoms with Crippen molar-refractivity contribution in [2.45, 2.75) is 13.3 Å². The zero-order valence-electron chi connectivity index (χ0n) is 10.2. The van der Waals surface area contributed by atoms with E-state index in [1.807, 2.05) is 25.1 Å². The molecular weight excluding hydrogens is 296 g/mol. The Kier molecular flexibility index (Phi) is 3.87. The fourth-order valence-electron chi connectivity index (χ4n) is 1.63. The van der Waals surface area contributed by atoms with Gasteiger partial charge >= 0.3 is 0 Å². The summed E-state index contributed by atoms with van der Waals surface area (Å²) in [5.41, 5.74) is 0.865. The highest BCUT2D eigenvalue weighted by Crippen LogP contribution is 2.33. The minimum atomic E-state index is 0.000249. The molecule has 94 valence electrons. The lowest BCUT2D eigenvalue weighted by Gasteiger charge is -2.04. The van der Waals surface area contributed by atoms with Gasteiger partial charge in [-0.3, -0.25) is 4.79 Å². The van der Waals surface area contributed by atoms with Gasteiger partial charge in [-0.25, -0.2) is 0 Å². The molecule has 0 aliphatic rings. The number of furan rings is 1. The number of benzene rings is 1. The van der Waals surface area contributed by atoms with Crippen LogP contribution in [0.25, 0.3) is 11.3 Å². The van der Waals surface area contributed by atoms with E-state index >= 15 is 0 Å². The molecule has 0 fully saturated rings. The Morgan fingerprint density at radius 2 is 2.11 bits per heavy atom. The number of ether oxygens (including phenoxy) is 1. The maximum Gasteiger partial charge on any atom is 0.197 e. The van der Waals surface area contributed by atoms with Crippen molar-refractivity contribution >= 4 is 21.7 Å². The molecule has 3 nitrogen and oxygen atoms in total. The van der Waals surface area contributed by atoms with Crippen molar-refractivity contribution in [3.8, 4) is 17.1 Å². The first kappa shape index (κ1) is 12.9. The van der Waals surface area contributed by atoms with E-state index in [1.54, 1.807) is 19.2 Å². The van der Waals surface area contributed by atoms with Crippen LogP contribution in [0.1, 0.15) is 23.9 Å². The lowest BCUT2D eigenvalue weighted by atomic mass is 10.1. The van der Waals surface area contributed by atoms with E-state index in [2.05, 4.69) is 15.9 Å². The molecule has 1 aromatic heterocycles. The highest BCUT2D eigenvalue weighted by molar-refractivity contribution is 9.10. The van der Waals surface area contributed by atoms with E-state index in [1.165, 1.54) is 0 Å². The largest absolute Gasteiger partial charge is 0.497 e. The summed E-state index contributed by atoms with van der Waals surface area (Å²) in [6.07, 6.45) is 0.437. The van der Waals surface area contributed by atoms with E-state index in [4.69, 9.17) is 9.15 Å². The normalized spacial score (nSPS) is 10.4. The van der Waals surface area contributed by atoms with E-state index in [-0.39, 0.29) is 5.78 Å². The molecule has 0 N–H and O–H groups in total. The van der Waals surface area contributed by atoms with Crippen molar-refractivity contribution in [1.29, 1.82) is 0 Å². The summed E-state index contributed by atoms with van der Waals surface area (Å²) in [7, 11) is 1.61. The molecule has 18 heavy (non-hydrogen) atoms. The molecule has 1 aromatic carbocycles. The van der Waals surface area contributed by atoms with E-state index in [0.29, 0.717) is 17.9 Å². The predicted octanol–water partition coefficient (Wildman–Crippen LogP) is 4.31. The first-order valence-corrected chi connectivity index (χ1v) is 6.42. The summed E-state index contributed by atoms with van der Waals surface area (Å²) in [6, 6.07) is 9.10. The fourth-order valence-corrected chi connectivity index (χ4v) is 2.07. The molecule has 0 saturated carbocycles. The van der Waals surface area contributed by atoms with Crippen molar-refractivity contribution in [2.24, 2.45) is 0 Å². The van der Waals surface area contributed by atoms with Gasteiger partial charge in [0.25, 0.3) is 0 Å². The summed E-state index contributed by atoms with van der Waals surface area (Å²) < 4.78 is 11.6. The number of ketones is 1. The Labute approximate surface area is 114 Å². The van der Waals surface area contributed by atoms with Crippen molar-refractivity contribution in [1.82, 2.24) is 0 Å². The average Bonchev–Trinajstić information content (AvgIpc) is 2.88. The molecule has 0 atom stereocenters. The van der Waals surface area contributed by atoms with Crippen LogP contribution in [-0.2, 0) is 0 Å². The first-order valence-electron chi connectivity index (χ1n) is 5.62. The van der Waals surface area contributed by atoms with Gasteiger partial charge in [-0.05, 0) is 30.3 Å². The molecule has 0 aliphatic heterocycles. The van der Waals surface area contributed by atoms with Crippen LogP contribution < -0.4 is 4.74 Å². The summed E-state index contributed by atoms with van der Waals surface area (Å²) in [5, 5.41) is 0. The molecule has 0 saturated heterocycles. The topological polar surface area (TPSA) is 39.4 Å². The van der Waals surface area contributed by atoms with E-state index < -0.39 is 0 Å². The predicted molar refractivity (Wildman–Crippen MR) is 73.0 cm³/mol. The minimum absolute atomic E-state index is 0.000249. The maximum absolute atomic E-state index is 11.5. The molecule has 2 rings (SSSR count).